The first-order valence-corrected chi connectivity index (χ1v) is 7.45. The fourth-order valence-corrected chi connectivity index (χ4v) is 4.23. The van der Waals surface area contributed by atoms with Gasteiger partial charge in [-0.3, -0.25) is 4.90 Å². The van der Waals surface area contributed by atoms with Gasteiger partial charge in [-0.25, -0.2) is 0 Å². The third kappa shape index (κ3) is 1.56. The lowest BCUT2D eigenvalue weighted by molar-refractivity contribution is 0.0208. The van der Waals surface area contributed by atoms with Gasteiger partial charge in [-0.1, -0.05) is 6.08 Å². The summed E-state index contributed by atoms with van der Waals surface area (Å²) in [6.07, 6.45) is 1.08. The standard InChI is InChI=1S/C16H17NO4/c18-13-2-10-11-6-17(12(10)4-14(13)19)5-8-1-15-16(3-9(8)11)21-7-20-15/h1-3,11-14,18-19H,4-7H2/t11?,12-,13?,14-/m0/s1. The van der Waals surface area contributed by atoms with Crippen LogP contribution in [0.5, 0.6) is 11.5 Å². The summed E-state index contributed by atoms with van der Waals surface area (Å²) in [7, 11) is 0. The second kappa shape index (κ2) is 4.00. The second-order valence-electron chi connectivity index (χ2n) is 6.36. The van der Waals surface area contributed by atoms with Crippen LogP contribution in [-0.4, -0.2) is 46.7 Å². The van der Waals surface area contributed by atoms with Gasteiger partial charge in [0.2, 0.25) is 6.79 Å². The van der Waals surface area contributed by atoms with Crippen LogP contribution >= 0.6 is 0 Å². The van der Waals surface area contributed by atoms with E-state index >= 15 is 0 Å². The highest BCUT2D eigenvalue weighted by atomic mass is 16.7. The molecule has 110 valence electrons. The van der Waals surface area contributed by atoms with Crippen molar-refractivity contribution in [1.29, 1.82) is 0 Å². The van der Waals surface area contributed by atoms with Gasteiger partial charge in [-0.2, -0.15) is 0 Å². The molecular weight excluding hydrogens is 270 g/mol. The first-order valence-electron chi connectivity index (χ1n) is 7.45. The Kier molecular flexibility index (Phi) is 2.29. The number of aliphatic hydroxyl groups excluding tert-OH is 2. The molecule has 1 aliphatic carbocycles. The van der Waals surface area contributed by atoms with E-state index in [9.17, 15) is 10.2 Å². The molecule has 5 heteroatoms. The van der Waals surface area contributed by atoms with Crippen molar-refractivity contribution in [1.82, 2.24) is 4.90 Å². The molecule has 4 aliphatic rings. The number of nitrogens with zero attached hydrogens (tertiary/aromatic N) is 1. The summed E-state index contributed by atoms with van der Waals surface area (Å²) in [5.74, 6) is 1.95. The van der Waals surface area contributed by atoms with E-state index in [0.717, 1.165) is 24.6 Å². The predicted molar refractivity (Wildman–Crippen MR) is 74.2 cm³/mol. The molecule has 5 rings (SSSR count). The average Bonchev–Trinajstić information content (AvgIpc) is 3.03. The van der Waals surface area contributed by atoms with Crippen LogP contribution in [0.3, 0.4) is 0 Å². The smallest absolute Gasteiger partial charge is 0.231 e. The Balaban J connectivity index is 1.63. The molecule has 0 amide bonds. The highest BCUT2D eigenvalue weighted by molar-refractivity contribution is 5.54. The van der Waals surface area contributed by atoms with Gasteiger partial charge < -0.3 is 19.7 Å². The highest BCUT2D eigenvalue weighted by Crippen LogP contribution is 2.49. The SMILES string of the molecule is OC1C=C2C3CN(Cc4cc5c(cc43)OCO5)[C@H]2C[C@@H]1O. The average molecular weight is 287 g/mol. The van der Waals surface area contributed by atoms with E-state index in [1.807, 2.05) is 6.08 Å². The van der Waals surface area contributed by atoms with Gasteiger partial charge in [0.15, 0.2) is 11.5 Å². The number of rotatable bonds is 0. The molecule has 1 fully saturated rings. The maximum Gasteiger partial charge on any atom is 0.231 e. The van der Waals surface area contributed by atoms with Gasteiger partial charge in [0, 0.05) is 25.0 Å². The van der Waals surface area contributed by atoms with Crippen LogP contribution in [0.25, 0.3) is 0 Å². The molecule has 3 aliphatic heterocycles. The molecule has 3 heterocycles. The molecule has 0 spiro atoms. The first-order chi connectivity index (χ1) is 10.2. The molecule has 0 radical (unpaired) electrons. The van der Waals surface area contributed by atoms with Crippen LogP contribution in [0.2, 0.25) is 0 Å². The topological polar surface area (TPSA) is 62.2 Å². The summed E-state index contributed by atoms with van der Waals surface area (Å²) in [5, 5.41) is 19.9. The lowest BCUT2D eigenvalue weighted by atomic mass is 9.82. The van der Waals surface area contributed by atoms with Crippen LogP contribution < -0.4 is 9.47 Å². The van der Waals surface area contributed by atoms with E-state index < -0.39 is 12.2 Å². The largest absolute Gasteiger partial charge is 0.454 e. The van der Waals surface area contributed by atoms with Gasteiger partial charge in [0.25, 0.3) is 0 Å². The van der Waals surface area contributed by atoms with Crippen molar-refractivity contribution in [3.05, 3.63) is 34.9 Å². The lowest BCUT2D eigenvalue weighted by Crippen LogP contribution is -2.39. The summed E-state index contributed by atoms with van der Waals surface area (Å²) in [5.41, 5.74) is 3.81. The normalized spacial score (nSPS) is 38.8. The van der Waals surface area contributed by atoms with Crippen LogP contribution in [-0.2, 0) is 6.54 Å². The zero-order valence-corrected chi connectivity index (χ0v) is 11.5. The van der Waals surface area contributed by atoms with Crippen molar-refractivity contribution in [2.75, 3.05) is 13.3 Å². The van der Waals surface area contributed by atoms with Crippen molar-refractivity contribution in [3.63, 3.8) is 0 Å². The summed E-state index contributed by atoms with van der Waals surface area (Å²) in [6.45, 7) is 2.12. The van der Waals surface area contributed by atoms with Crippen LogP contribution in [0, 0.1) is 0 Å². The predicted octanol–water partition coefficient (Wildman–Crippen LogP) is 0.749. The fourth-order valence-electron chi connectivity index (χ4n) is 4.23. The van der Waals surface area contributed by atoms with Crippen molar-refractivity contribution in [2.45, 2.75) is 37.1 Å². The number of hydrogen-bond donors (Lipinski definition) is 2. The van der Waals surface area contributed by atoms with E-state index in [2.05, 4.69) is 17.0 Å². The molecule has 0 saturated carbocycles. The van der Waals surface area contributed by atoms with Gasteiger partial charge in [-0.15, -0.1) is 0 Å². The van der Waals surface area contributed by atoms with Crippen LogP contribution in [0.4, 0.5) is 0 Å². The number of benzene rings is 1. The molecular formula is C16H17NO4. The Morgan fingerprint density at radius 3 is 2.81 bits per heavy atom. The summed E-state index contributed by atoms with van der Waals surface area (Å²) in [4.78, 5) is 2.40. The van der Waals surface area contributed by atoms with Crippen molar-refractivity contribution in [2.24, 2.45) is 0 Å². The maximum absolute atomic E-state index is 9.96. The van der Waals surface area contributed by atoms with E-state index in [4.69, 9.17) is 9.47 Å². The third-order valence-electron chi connectivity index (χ3n) is 5.25. The molecule has 1 aromatic rings. The number of fused-ring (bicyclic) bond motifs is 8. The Labute approximate surface area is 122 Å². The van der Waals surface area contributed by atoms with Crippen molar-refractivity contribution in [3.8, 4) is 11.5 Å². The highest BCUT2D eigenvalue weighted by Gasteiger charge is 2.46. The van der Waals surface area contributed by atoms with Crippen LogP contribution in [0.15, 0.2) is 23.8 Å². The molecule has 0 aromatic heterocycles. The molecule has 1 aromatic carbocycles. The summed E-state index contributed by atoms with van der Waals surface area (Å²) < 4.78 is 11.0. The number of aliphatic hydroxyl groups is 2. The lowest BCUT2D eigenvalue weighted by Gasteiger charge is -2.31. The Morgan fingerprint density at radius 1 is 1.14 bits per heavy atom. The van der Waals surface area contributed by atoms with E-state index in [1.54, 1.807) is 0 Å². The van der Waals surface area contributed by atoms with Gasteiger partial charge in [-0.05, 0) is 35.3 Å². The van der Waals surface area contributed by atoms with Crippen LogP contribution in [0.1, 0.15) is 23.5 Å². The zero-order chi connectivity index (χ0) is 14.1. The van der Waals surface area contributed by atoms with Gasteiger partial charge in [0.05, 0.1) is 12.2 Å². The zero-order valence-electron chi connectivity index (χ0n) is 11.5. The van der Waals surface area contributed by atoms with Crippen molar-refractivity contribution >= 4 is 0 Å². The molecule has 2 bridgehead atoms. The van der Waals surface area contributed by atoms with Crippen molar-refractivity contribution < 1.29 is 19.7 Å². The van der Waals surface area contributed by atoms with Gasteiger partial charge >= 0.3 is 0 Å². The Bertz CT molecular complexity index is 656. The molecule has 5 nitrogen and oxygen atoms in total. The monoisotopic (exact) mass is 287 g/mol. The van der Waals surface area contributed by atoms with E-state index in [0.29, 0.717) is 19.1 Å². The fraction of sp³-hybridized carbons (Fsp3) is 0.500. The third-order valence-corrected chi connectivity index (χ3v) is 5.25. The minimum atomic E-state index is -0.741. The minimum absolute atomic E-state index is 0.248. The molecule has 5 atom stereocenters. The Morgan fingerprint density at radius 2 is 1.95 bits per heavy atom. The number of ether oxygens (including phenoxy) is 2. The molecule has 1 saturated heterocycles. The summed E-state index contributed by atoms with van der Waals surface area (Å²) in [6, 6.07) is 4.43. The Hall–Kier alpha value is -1.56. The second-order valence-corrected chi connectivity index (χ2v) is 6.36. The first kappa shape index (κ1) is 12.0. The number of hydrogen-bond acceptors (Lipinski definition) is 5. The minimum Gasteiger partial charge on any atom is -0.454 e. The summed E-state index contributed by atoms with van der Waals surface area (Å²) >= 11 is 0. The molecule has 3 unspecified atom stereocenters. The molecule has 21 heavy (non-hydrogen) atoms. The van der Waals surface area contributed by atoms with E-state index in [-0.39, 0.29) is 6.04 Å². The van der Waals surface area contributed by atoms with E-state index in [1.165, 1.54) is 16.7 Å². The van der Waals surface area contributed by atoms with Gasteiger partial charge in [0.1, 0.15) is 0 Å². The molecule has 2 N–H and O–H groups in total. The quantitative estimate of drug-likeness (QED) is 0.690. The maximum atomic E-state index is 9.96.